The molecular formula is C9H18N2O3S. The Morgan fingerprint density at radius 2 is 2.13 bits per heavy atom. The lowest BCUT2D eigenvalue weighted by molar-refractivity contribution is -0.120. The van der Waals surface area contributed by atoms with Crippen LogP contribution in [0, 0.1) is 5.92 Å². The van der Waals surface area contributed by atoms with Gasteiger partial charge in [0.15, 0.2) is 0 Å². The van der Waals surface area contributed by atoms with Crippen molar-refractivity contribution in [2.24, 2.45) is 11.7 Å². The number of carbonyl (C=O) groups is 1. The van der Waals surface area contributed by atoms with Crippen molar-refractivity contribution in [1.82, 2.24) is 5.32 Å². The molecule has 3 N–H and O–H groups in total. The second-order valence-corrected chi connectivity index (χ2v) is 6.44. The smallest absolute Gasteiger partial charge is 0.221 e. The summed E-state index contributed by atoms with van der Waals surface area (Å²) in [6, 6.07) is 0.0205. The number of carbonyl (C=O) groups excluding carboxylic acids is 1. The topological polar surface area (TPSA) is 89.3 Å². The monoisotopic (exact) mass is 234 g/mol. The van der Waals surface area contributed by atoms with Crippen LogP contribution in [-0.4, -0.2) is 38.9 Å². The molecule has 15 heavy (non-hydrogen) atoms. The summed E-state index contributed by atoms with van der Waals surface area (Å²) in [5.74, 6) is 0.203. The van der Waals surface area contributed by atoms with Gasteiger partial charge in [0.1, 0.15) is 9.84 Å². The van der Waals surface area contributed by atoms with Gasteiger partial charge in [-0.05, 0) is 18.8 Å². The lowest BCUT2D eigenvalue weighted by Crippen LogP contribution is -2.39. The van der Waals surface area contributed by atoms with Gasteiger partial charge < -0.3 is 11.1 Å². The van der Waals surface area contributed by atoms with E-state index in [1.165, 1.54) is 0 Å². The zero-order valence-electron chi connectivity index (χ0n) is 8.90. The van der Waals surface area contributed by atoms with Crippen molar-refractivity contribution < 1.29 is 13.2 Å². The van der Waals surface area contributed by atoms with Crippen LogP contribution in [0.5, 0.6) is 0 Å². The fraction of sp³-hybridized carbons (Fsp3) is 0.889. The van der Waals surface area contributed by atoms with Gasteiger partial charge >= 0.3 is 0 Å². The molecular weight excluding hydrogens is 216 g/mol. The first kappa shape index (κ1) is 12.4. The second kappa shape index (κ2) is 4.94. The molecule has 5 nitrogen and oxygen atoms in total. The summed E-state index contributed by atoms with van der Waals surface area (Å²) < 4.78 is 21.6. The van der Waals surface area contributed by atoms with E-state index in [1.807, 2.05) is 0 Å². The van der Waals surface area contributed by atoms with E-state index in [2.05, 4.69) is 5.32 Å². The van der Waals surface area contributed by atoms with Gasteiger partial charge in [0.25, 0.3) is 0 Å². The Kier molecular flexibility index (Phi) is 4.10. The summed E-state index contributed by atoms with van der Waals surface area (Å²) in [5, 5.41) is 2.65. The molecule has 1 amide bonds. The SMILES string of the molecule is CS(=O)(=O)CCC(=O)NCC(N)C1CC1. The molecule has 0 spiro atoms. The van der Waals surface area contributed by atoms with E-state index in [0.717, 1.165) is 19.1 Å². The summed E-state index contributed by atoms with van der Waals surface area (Å²) in [6.45, 7) is 0.452. The van der Waals surface area contributed by atoms with Gasteiger partial charge in [0.2, 0.25) is 5.91 Å². The Labute approximate surface area is 90.3 Å². The molecule has 88 valence electrons. The maximum atomic E-state index is 11.2. The molecule has 0 aromatic rings. The molecule has 1 aliphatic rings. The summed E-state index contributed by atoms with van der Waals surface area (Å²) >= 11 is 0. The summed E-state index contributed by atoms with van der Waals surface area (Å²) in [6.07, 6.45) is 3.42. The van der Waals surface area contributed by atoms with E-state index >= 15 is 0 Å². The predicted molar refractivity (Wildman–Crippen MR) is 58.0 cm³/mol. The van der Waals surface area contributed by atoms with E-state index in [1.54, 1.807) is 0 Å². The van der Waals surface area contributed by atoms with Crippen LogP contribution >= 0.6 is 0 Å². The Morgan fingerprint density at radius 3 is 2.60 bits per heavy atom. The molecule has 0 heterocycles. The average Bonchev–Trinajstić information content (AvgIpc) is 2.92. The Bertz CT molecular complexity index is 322. The van der Waals surface area contributed by atoms with Gasteiger partial charge in [0.05, 0.1) is 5.75 Å². The first-order valence-corrected chi connectivity index (χ1v) is 7.14. The van der Waals surface area contributed by atoms with Gasteiger partial charge in [-0.1, -0.05) is 0 Å². The summed E-state index contributed by atoms with van der Waals surface area (Å²) in [5.41, 5.74) is 5.78. The van der Waals surface area contributed by atoms with E-state index in [4.69, 9.17) is 5.73 Å². The maximum absolute atomic E-state index is 11.2. The molecule has 0 bridgehead atoms. The Balaban J connectivity index is 2.13. The first-order valence-electron chi connectivity index (χ1n) is 5.08. The van der Waals surface area contributed by atoms with E-state index < -0.39 is 9.84 Å². The van der Waals surface area contributed by atoms with E-state index in [-0.39, 0.29) is 24.1 Å². The van der Waals surface area contributed by atoms with Gasteiger partial charge in [0, 0.05) is 25.3 Å². The van der Waals surface area contributed by atoms with Crippen LogP contribution in [0.4, 0.5) is 0 Å². The van der Waals surface area contributed by atoms with Gasteiger partial charge in [-0.25, -0.2) is 8.42 Å². The molecule has 0 aromatic heterocycles. The van der Waals surface area contributed by atoms with Crippen LogP contribution < -0.4 is 11.1 Å². The zero-order valence-corrected chi connectivity index (χ0v) is 9.72. The maximum Gasteiger partial charge on any atom is 0.221 e. The highest BCUT2D eigenvalue weighted by molar-refractivity contribution is 7.90. The predicted octanol–water partition coefficient (Wildman–Crippen LogP) is -0.725. The van der Waals surface area contributed by atoms with Crippen LogP contribution in [0.15, 0.2) is 0 Å². The fourth-order valence-corrected chi connectivity index (χ4v) is 1.85. The Morgan fingerprint density at radius 1 is 1.53 bits per heavy atom. The number of hydrogen-bond donors (Lipinski definition) is 2. The molecule has 6 heteroatoms. The average molecular weight is 234 g/mol. The number of sulfone groups is 1. The minimum atomic E-state index is -3.05. The fourth-order valence-electron chi connectivity index (χ4n) is 1.29. The van der Waals surface area contributed by atoms with Crippen LogP contribution in [0.25, 0.3) is 0 Å². The number of rotatable bonds is 6. The molecule has 1 unspecified atom stereocenters. The second-order valence-electron chi connectivity index (χ2n) is 4.19. The van der Waals surface area contributed by atoms with E-state index in [0.29, 0.717) is 12.5 Å². The van der Waals surface area contributed by atoms with Gasteiger partial charge in [-0.2, -0.15) is 0 Å². The lowest BCUT2D eigenvalue weighted by atomic mass is 10.2. The van der Waals surface area contributed by atoms with E-state index in [9.17, 15) is 13.2 Å². The van der Waals surface area contributed by atoms with Crippen molar-refractivity contribution in [1.29, 1.82) is 0 Å². The van der Waals surface area contributed by atoms with Crippen molar-refractivity contribution in [3.05, 3.63) is 0 Å². The van der Waals surface area contributed by atoms with Crippen LogP contribution in [0.3, 0.4) is 0 Å². The molecule has 1 fully saturated rings. The Hall–Kier alpha value is -0.620. The van der Waals surface area contributed by atoms with Crippen LogP contribution in [-0.2, 0) is 14.6 Å². The summed E-state index contributed by atoms with van der Waals surface area (Å²) in [7, 11) is -3.05. The molecule has 0 radical (unpaired) electrons. The highest BCUT2D eigenvalue weighted by Gasteiger charge is 2.28. The third kappa shape index (κ3) is 5.74. The van der Waals surface area contributed by atoms with Crippen LogP contribution in [0.2, 0.25) is 0 Å². The molecule has 1 atom stereocenters. The minimum Gasteiger partial charge on any atom is -0.355 e. The standard InChI is InChI=1S/C9H18N2O3S/c1-15(13,14)5-4-9(12)11-6-8(10)7-2-3-7/h7-8H,2-6,10H2,1H3,(H,11,12). The number of amides is 1. The number of hydrogen-bond acceptors (Lipinski definition) is 4. The van der Waals surface area contributed by atoms with Crippen molar-refractivity contribution >= 4 is 15.7 Å². The lowest BCUT2D eigenvalue weighted by Gasteiger charge is -2.11. The normalized spacial score (nSPS) is 18.5. The van der Waals surface area contributed by atoms with Crippen molar-refractivity contribution in [3.8, 4) is 0 Å². The third-order valence-corrected chi connectivity index (χ3v) is 3.41. The largest absolute Gasteiger partial charge is 0.355 e. The highest BCUT2D eigenvalue weighted by Crippen LogP contribution is 2.31. The molecule has 0 saturated heterocycles. The van der Waals surface area contributed by atoms with Crippen LogP contribution in [0.1, 0.15) is 19.3 Å². The molecule has 1 aliphatic carbocycles. The van der Waals surface area contributed by atoms with Crippen molar-refractivity contribution in [2.45, 2.75) is 25.3 Å². The molecule has 0 aromatic carbocycles. The molecule has 1 saturated carbocycles. The third-order valence-electron chi connectivity index (χ3n) is 2.46. The number of nitrogens with one attached hydrogen (secondary N) is 1. The number of nitrogens with two attached hydrogens (primary N) is 1. The molecule has 1 rings (SSSR count). The summed E-state index contributed by atoms with van der Waals surface area (Å²) in [4.78, 5) is 11.2. The zero-order chi connectivity index (χ0) is 11.5. The molecule has 0 aliphatic heterocycles. The van der Waals surface area contributed by atoms with Crippen molar-refractivity contribution in [2.75, 3.05) is 18.6 Å². The van der Waals surface area contributed by atoms with Crippen molar-refractivity contribution in [3.63, 3.8) is 0 Å². The van der Waals surface area contributed by atoms with Gasteiger partial charge in [-0.3, -0.25) is 4.79 Å². The minimum absolute atomic E-state index is 0.0205. The van der Waals surface area contributed by atoms with Gasteiger partial charge in [-0.15, -0.1) is 0 Å². The first-order chi connectivity index (χ1) is 6.88. The highest BCUT2D eigenvalue weighted by atomic mass is 32.2. The quantitative estimate of drug-likeness (QED) is 0.634.